The topological polar surface area (TPSA) is 87.3 Å². The molecule has 1 aromatic rings. The van der Waals surface area contributed by atoms with Crippen molar-refractivity contribution in [1.82, 2.24) is 16.0 Å². The number of hydrogen-bond donors (Lipinski definition) is 3. The number of thioether (sulfide) groups is 1. The number of nitrogens with one attached hydrogen (secondary N) is 3. The second-order valence-corrected chi connectivity index (χ2v) is 6.49. The first-order valence-electron chi connectivity index (χ1n) is 7.26. The summed E-state index contributed by atoms with van der Waals surface area (Å²) in [5.74, 6) is 0.515. The van der Waals surface area contributed by atoms with Gasteiger partial charge in [0, 0.05) is 17.1 Å². The van der Waals surface area contributed by atoms with Crippen molar-refractivity contribution >= 4 is 29.6 Å². The molecular weight excluding hydrogens is 302 g/mol. The summed E-state index contributed by atoms with van der Waals surface area (Å²) >= 11 is 1.80. The highest BCUT2D eigenvalue weighted by Gasteiger charge is 2.30. The SMILES string of the molecule is O=C(CCC1NC(=O)NC1=O)NC1CCSc2ccccc21. The molecule has 0 radical (unpaired) electrons. The lowest BCUT2D eigenvalue weighted by atomic mass is 10.0. The number of imide groups is 1. The highest BCUT2D eigenvalue weighted by molar-refractivity contribution is 7.99. The minimum atomic E-state index is -0.604. The Morgan fingerprint density at radius 1 is 1.32 bits per heavy atom. The van der Waals surface area contributed by atoms with Gasteiger partial charge in [-0.1, -0.05) is 18.2 Å². The molecule has 0 aromatic heterocycles. The van der Waals surface area contributed by atoms with E-state index in [2.05, 4.69) is 22.0 Å². The first kappa shape index (κ1) is 14.9. The van der Waals surface area contributed by atoms with Gasteiger partial charge in [0.25, 0.3) is 5.91 Å². The summed E-state index contributed by atoms with van der Waals surface area (Å²) in [6, 6.07) is 7.01. The van der Waals surface area contributed by atoms with Gasteiger partial charge in [-0.3, -0.25) is 14.9 Å². The fraction of sp³-hybridized carbons (Fsp3) is 0.400. The van der Waals surface area contributed by atoms with E-state index in [-0.39, 0.29) is 24.3 Å². The van der Waals surface area contributed by atoms with E-state index < -0.39 is 12.1 Å². The molecular formula is C15H17N3O3S. The summed E-state index contributed by atoms with van der Waals surface area (Å²) in [5.41, 5.74) is 1.15. The largest absolute Gasteiger partial charge is 0.349 e. The molecule has 1 saturated heterocycles. The number of carbonyl (C=O) groups is 3. The minimum absolute atomic E-state index is 0.0249. The number of fused-ring (bicyclic) bond motifs is 1. The van der Waals surface area contributed by atoms with Gasteiger partial charge < -0.3 is 10.6 Å². The number of amides is 4. The van der Waals surface area contributed by atoms with E-state index in [1.54, 1.807) is 11.8 Å². The molecule has 0 bridgehead atoms. The highest BCUT2D eigenvalue weighted by Crippen LogP contribution is 2.35. The average Bonchev–Trinajstić information content (AvgIpc) is 2.83. The Morgan fingerprint density at radius 2 is 2.14 bits per heavy atom. The highest BCUT2D eigenvalue weighted by atomic mass is 32.2. The molecule has 0 aliphatic carbocycles. The van der Waals surface area contributed by atoms with E-state index in [0.717, 1.165) is 17.7 Å². The number of benzene rings is 1. The normalized spacial score (nSPS) is 23.5. The van der Waals surface area contributed by atoms with Crippen molar-refractivity contribution in [3.63, 3.8) is 0 Å². The standard InChI is InChI=1S/C15H17N3O3S/c19-13(6-5-11-14(20)18-15(21)17-11)16-10-7-8-22-12-4-2-1-3-9(10)12/h1-4,10-11H,5-8H2,(H,16,19)(H2,17,18,20,21). The lowest BCUT2D eigenvalue weighted by Gasteiger charge is -2.26. The van der Waals surface area contributed by atoms with Gasteiger partial charge in [-0.2, -0.15) is 0 Å². The molecule has 1 aromatic carbocycles. The summed E-state index contributed by atoms with van der Waals surface area (Å²) in [6.45, 7) is 0. The van der Waals surface area contributed by atoms with Crippen molar-refractivity contribution in [3.8, 4) is 0 Å². The third-order valence-corrected chi connectivity index (χ3v) is 4.93. The molecule has 2 aliphatic heterocycles. The lowest BCUT2D eigenvalue weighted by molar-refractivity contribution is -0.122. The van der Waals surface area contributed by atoms with Crippen LogP contribution in [0.25, 0.3) is 0 Å². The molecule has 4 amide bonds. The summed E-state index contributed by atoms with van der Waals surface area (Å²) in [5, 5.41) is 7.69. The summed E-state index contributed by atoms with van der Waals surface area (Å²) in [7, 11) is 0. The van der Waals surface area contributed by atoms with Crippen molar-refractivity contribution in [1.29, 1.82) is 0 Å². The quantitative estimate of drug-likeness (QED) is 0.731. The van der Waals surface area contributed by atoms with Crippen LogP contribution in [0.5, 0.6) is 0 Å². The van der Waals surface area contributed by atoms with E-state index in [1.165, 1.54) is 4.90 Å². The van der Waals surface area contributed by atoms with Crippen LogP contribution in [0, 0.1) is 0 Å². The van der Waals surface area contributed by atoms with Gasteiger partial charge in [0.15, 0.2) is 0 Å². The molecule has 3 rings (SSSR count). The third kappa shape index (κ3) is 3.24. The predicted molar refractivity (Wildman–Crippen MR) is 82.4 cm³/mol. The van der Waals surface area contributed by atoms with Crippen LogP contribution in [0.2, 0.25) is 0 Å². The number of urea groups is 1. The van der Waals surface area contributed by atoms with Gasteiger partial charge >= 0.3 is 6.03 Å². The summed E-state index contributed by atoms with van der Waals surface area (Å²) < 4.78 is 0. The van der Waals surface area contributed by atoms with Crippen molar-refractivity contribution < 1.29 is 14.4 Å². The number of carbonyl (C=O) groups excluding carboxylic acids is 3. The van der Waals surface area contributed by atoms with Crippen molar-refractivity contribution in [2.24, 2.45) is 0 Å². The Labute approximate surface area is 132 Å². The zero-order valence-corrected chi connectivity index (χ0v) is 12.7. The van der Waals surface area contributed by atoms with E-state index >= 15 is 0 Å². The fourth-order valence-corrected chi connectivity index (χ4v) is 3.82. The first-order valence-corrected chi connectivity index (χ1v) is 8.24. The molecule has 2 aliphatic rings. The van der Waals surface area contributed by atoms with E-state index in [4.69, 9.17) is 0 Å². The Morgan fingerprint density at radius 3 is 2.91 bits per heavy atom. The molecule has 0 saturated carbocycles. The van der Waals surface area contributed by atoms with Gasteiger partial charge in [-0.15, -0.1) is 11.8 Å². The van der Waals surface area contributed by atoms with Gasteiger partial charge in [-0.25, -0.2) is 4.79 Å². The van der Waals surface area contributed by atoms with Crippen LogP contribution < -0.4 is 16.0 Å². The molecule has 2 heterocycles. The minimum Gasteiger partial charge on any atom is -0.349 e. The lowest BCUT2D eigenvalue weighted by Crippen LogP contribution is -2.34. The number of rotatable bonds is 4. The molecule has 0 spiro atoms. The Balaban J connectivity index is 1.54. The van der Waals surface area contributed by atoms with E-state index in [0.29, 0.717) is 6.42 Å². The monoisotopic (exact) mass is 319 g/mol. The molecule has 1 fully saturated rings. The second kappa shape index (κ2) is 6.39. The molecule has 2 atom stereocenters. The maximum Gasteiger partial charge on any atom is 0.322 e. The van der Waals surface area contributed by atoms with Gasteiger partial charge in [0.1, 0.15) is 6.04 Å². The molecule has 3 N–H and O–H groups in total. The van der Waals surface area contributed by atoms with Crippen LogP contribution in [0.15, 0.2) is 29.2 Å². The van der Waals surface area contributed by atoms with Crippen LogP contribution in [0.3, 0.4) is 0 Å². The van der Waals surface area contributed by atoms with Gasteiger partial charge in [0.05, 0.1) is 6.04 Å². The molecule has 22 heavy (non-hydrogen) atoms. The van der Waals surface area contributed by atoms with E-state index in [1.807, 2.05) is 18.2 Å². The van der Waals surface area contributed by atoms with Crippen LogP contribution >= 0.6 is 11.8 Å². The number of hydrogen-bond acceptors (Lipinski definition) is 4. The Hall–Kier alpha value is -2.02. The zero-order chi connectivity index (χ0) is 15.5. The van der Waals surface area contributed by atoms with Crippen LogP contribution in [-0.2, 0) is 9.59 Å². The van der Waals surface area contributed by atoms with Crippen molar-refractivity contribution in [2.45, 2.75) is 36.2 Å². The molecule has 116 valence electrons. The zero-order valence-electron chi connectivity index (χ0n) is 11.9. The van der Waals surface area contributed by atoms with Crippen molar-refractivity contribution in [3.05, 3.63) is 29.8 Å². The third-order valence-electron chi connectivity index (χ3n) is 3.81. The van der Waals surface area contributed by atoms with Gasteiger partial charge in [0.2, 0.25) is 5.91 Å². The van der Waals surface area contributed by atoms with E-state index in [9.17, 15) is 14.4 Å². The average molecular weight is 319 g/mol. The maximum atomic E-state index is 12.1. The Bertz CT molecular complexity index is 620. The van der Waals surface area contributed by atoms with Crippen LogP contribution in [0.4, 0.5) is 4.79 Å². The maximum absolute atomic E-state index is 12.1. The first-order chi connectivity index (χ1) is 10.6. The van der Waals surface area contributed by atoms with Crippen LogP contribution in [0.1, 0.15) is 30.9 Å². The fourth-order valence-electron chi connectivity index (χ4n) is 2.70. The molecule has 6 nitrogen and oxygen atoms in total. The summed E-state index contributed by atoms with van der Waals surface area (Å²) in [6.07, 6.45) is 1.42. The van der Waals surface area contributed by atoms with Gasteiger partial charge in [-0.05, 0) is 24.5 Å². The molecule has 7 heteroatoms. The second-order valence-electron chi connectivity index (χ2n) is 5.35. The predicted octanol–water partition coefficient (Wildman–Crippen LogP) is 1.33. The molecule has 2 unspecified atom stereocenters. The Kier molecular flexibility index (Phi) is 4.33. The van der Waals surface area contributed by atoms with Crippen molar-refractivity contribution in [2.75, 3.05) is 5.75 Å². The smallest absolute Gasteiger partial charge is 0.322 e. The summed E-state index contributed by atoms with van der Waals surface area (Å²) in [4.78, 5) is 35.8. The van der Waals surface area contributed by atoms with Crippen LogP contribution in [-0.4, -0.2) is 29.6 Å².